The maximum atomic E-state index is 13.1. The van der Waals surface area contributed by atoms with Gasteiger partial charge in [-0.05, 0) is 61.9 Å². The van der Waals surface area contributed by atoms with Gasteiger partial charge in [-0.1, -0.05) is 23.8 Å². The van der Waals surface area contributed by atoms with Crippen LogP contribution >= 0.6 is 0 Å². The van der Waals surface area contributed by atoms with Crippen molar-refractivity contribution in [1.82, 2.24) is 0 Å². The van der Waals surface area contributed by atoms with Crippen LogP contribution in [0.3, 0.4) is 0 Å². The third-order valence-corrected chi connectivity index (χ3v) is 6.91. The maximum Gasteiger partial charge on any atom is 0.265 e. The van der Waals surface area contributed by atoms with Gasteiger partial charge in [0.15, 0.2) is 0 Å². The number of rotatable bonds is 7. The number of hydrogen-bond donors (Lipinski definition) is 2. The molecule has 2 N–H and O–H groups in total. The molecule has 34 heavy (non-hydrogen) atoms. The molecule has 8 nitrogen and oxygen atoms in total. The number of methoxy groups -OCH3 is 1. The molecule has 9 heteroatoms. The van der Waals surface area contributed by atoms with E-state index in [0.717, 1.165) is 12.0 Å². The smallest absolute Gasteiger partial charge is 0.265 e. The van der Waals surface area contributed by atoms with Crippen LogP contribution in [-0.2, 0) is 14.8 Å². The number of sulfonamides is 1. The first kappa shape index (κ1) is 23.3. The van der Waals surface area contributed by atoms with Gasteiger partial charge in [0.2, 0.25) is 5.91 Å². The fraction of sp³-hybridized carbons (Fsp3) is 0.200. The van der Waals surface area contributed by atoms with Crippen molar-refractivity contribution in [2.75, 3.05) is 28.6 Å². The summed E-state index contributed by atoms with van der Waals surface area (Å²) in [5.74, 6) is -0.320. The third-order valence-electron chi connectivity index (χ3n) is 5.51. The monoisotopic (exact) mass is 479 g/mol. The van der Waals surface area contributed by atoms with Gasteiger partial charge in [0.25, 0.3) is 15.9 Å². The van der Waals surface area contributed by atoms with E-state index in [1.165, 1.54) is 25.3 Å². The summed E-state index contributed by atoms with van der Waals surface area (Å²) in [5.41, 5.74) is 2.75. The normalized spacial score (nSPS) is 13.6. The Bertz CT molecular complexity index is 1340. The number of anilines is 3. The van der Waals surface area contributed by atoms with Crippen LogP contribution < -0.4 is 19.7 Å². The summed E-state index contributed by atoms with van der Waals surface area (Å²) in [4.78, 5) is 26.5. The van der Waals surface area contributed by atoms with Crippen LogP contribution in [0.2, 0.25) is 0 Å². The molecule has 0 spiro atoms. The topological polar surface area (TPSA) is 105 Å². The molecule has 0 atom stereocenters. The second-order valence-electron chi connectivity index (χ2n) is 7.99. The predicted molar refractivity (Wildman–Crippen MR) is 131 cm³/mol. The van der Waals surface area contributed by atoms with Gasteiger partial charge >= 0.3 is 0 Å². The number of carbonyl (C=O) groups is 2. The molecule has 0 saturated carbocycles. The van der Waals surface area contributed by atoms with Gasteiger partial charge in [-0.2, -0.15) is 0 Å². The van der Waals surface area contributed by atoms with Crippen LogP contribution in [0.25, 0.3) is 0 Å². The van der Waals surface area contributed by atoms with Crippen LogP contribution in [0.1, 0.15) is 28.8 Å². The van der Waals surface area contributed by atoms with Gasteiger partial charge < -0.3 is 15.0 Å². The molecule has 176 valence electrons. The van der Waals surface area contributed by atoms with Crippen molar-refractivity contribution < 1.29 is 22.7 Å². The molecule has 0 aliphatic carbocycles. The van der Waals surface area contributed by atoms with Crippen molar-refractivity contribution in [3.63, 3.8) is 0 Å². The van der Waals surface area contributed by atoms with E-state index in [1.807, 2.05) is 13.0 Å². The van der Waals surface area contributed by atoms with E-state index in [9.17, 15) is 18.0 Å². The molecular weight excluding hydrogens is 454 g/mol. The lowest BCUT2D eigenvalue weighted by atomic mass is 10.2. The standard InChI is InChI=1S/C25H25N3O5S/c1-17-8-11-19(12-9-17)27-34(31,32)23-15-18(10-13-22(23)33-2)25(30)26-20-5-3-6-21(16-20)28-14-4-7-24(28)29/h3,5-6,8-13,15-16,27H,4,7,14H2,1-2H3,(H,26,30). The van der Waals surface area contributed by atoms with E-state index >= 15 is 0 Å². The van der Waals surface area contributed by atoms with Crippen LogP contribution in [0.5, 0.6) is 5.75 Å². The zero-order chi connectivity index (χ0) is 24.3. The van der Waals surface area contributed by atoms with E-state index < -0.39 is 15.9 Å². The Morgan fingerprint density at radius 3 is 2.44 bits per heavy atom. The largest absolute Gasteiger partial charge is 0.495 e. The lowest BCUT2D eigenvalue weighted by molar-refractivity contribution is -0.117. The molecule has 2 amide bonds. The highest BCUT2D eigenvalue weighted by molar-refractivity contribution is 7.92. The van der Waals surface area contributed by atoms with Crippen LogP contribution in [0, 0.1) is 6.92 Å². The highest BCUT2D eigenvalue weighted by atomic mass is 32.2. The van der Waals surface area contributed by atoms with Crippen LogP contribution in [0.15, 0.2) is 71.6 Å². The molecule has 1 saturated heterocycles. The number of hydrogen-bond acceptors (Lipinski definition) is 5. The summed E-state index contributed by atoms with van der Waals surface area (Å²) in [5, 5.41) is 2.78. The Morgan fingerprint density at radius 1 is 1.00 bits per heavy atom. The average Bonchev–Trinajstić information content (AvgIpc) is 3.26. The molecule has 1 aliphatic rings. The minimum Gasteiger partial charge on any atom is -0.495 e. The van der Waals surface area contributed by atoms with Crippen molar-refractivity contribution in [3.8, 4) is 5.75 Å². The van der Waals surface area contributed by atoms with Crippen LogP contribution in [0.4, 0.5) is 17.1 Å². The molecule has 0 radical (unpaired) electrons. The maximum absolute atomic E-state index is 13.1. The quantitative estimate of drug-likeness (QED) is 0.529. The minimum absolute atomic E-state index is 0.0505. The molecule has 1 heterocycles. The highest BCUT2D eigenvalue weighted by Gasteiger charge is 2.23. The average molecular weight is 480 g/mol. The summed E-state index contributed by atoms with van der Waals surface area (Å²) in [6, 6.07) is 18.1. The first-order chi connectivity index (χ1) is 16.3. The SMILES string of the molecule is COc1ccc(C(=O)Nc2cccc(N3CCCC3=O)c2)cc1S(=O)(=O)Nc1ccc(C)cc1. The lowest BCUT2D eigenvalue weighted by Crippen LogP contribution is -2.23. The first-order valence-corrected chi connectivity index (χ1v) is 12.2. The second kappa shape index (κ2) is 9.56. The fourth-order valence-electron chi connectivity index (χ4n) is 3.74. The highest BCUT2D eigenvalue weighted by Crippen LogP contribution is 2.28. The number of carbonyl (C=O) groups excluding carboxylic acids is 2. The van der Waals surface area contributed by atoms with Crippen molar-refractivity contribution in [2.45, 2.75) is 24.7 Å². The molecule has 3 aromatic carbocycles. The van der Waals surface area contributed by atoms with Crippen molar-refractivity contribution in [2.24, 2.45) is 0 Å². The molecular formula is C25H25N3O5S. The van der Waals surface area contributed by atoms with Crippen molar-refractivity contribution in [1.29, 1.82) is 0 Å². The van der Waals surface area contributed by atoms with Crippen LogP contribution in [-0.4, -0.2) is 33.9 Å². The van der Waals surface area contributed by atoms with Gasteiger partial charge in [-0.25, -0.2) is 8.42 Å². The van der Waals surface area contributed by atoms with Gasteiger partial charge in [0.05, 0.1) is 7.11 Å². The fourth-order valence-corrected chi connectivity index (χ4v) is 4.99. The molecule has 0 unspecified atom stereocenters. The number of nitrogens with zero attached hydrogens (tertiary/aromatic N) is 1. The zero-order valence-electron chi connectivity index (χ0n) is 18.9. The van der Waals surface area contributed by atoms with Crippen molar-refractivity contribution >= 4 is 38.9 Å². The van der Waals surface area contributed by atoms with E-state index in [-0.39, 0.29) is 22.1 Å². The minimum atomic E-state index is -4.02. The molecule has 0 bridgehead atoms. The van der Waals surface area contributed by atoms with Crippen molar-refractivity contribution in [3.05, 3.63) is 77.9 Å². The summed E-state index contributed by atoms with van der Waals surface area (Å²) >= 11 is 0. The molecule has 3 aromatic rings. The van der Waals surface area contributed by atoms with Gasteiger partial charge in [0.1, 0.15) is 10.6 Å². The van der Waals surface area contributed by atoms with Gasteiger partial charge in [-0.3, -0.25) is 14.3 Å². The van der Waals surface area contributed by atoms with E-state index in [2.05, 4.69) is 10.0 Å². The van der Waals surface area contributed by atoms with E-state index in [4.69, 9.17) is 4.74 Å². The van der Waals surface area contributed by atoms with Gasteiger partial charge in [-0.15, -0.1) is 0 Å². The Morgan fingerprint density at radius 2 is 1.76 bits per heavy atom. The number of amides is 2. The number of ether oxygens (including phenoxy) is 1. The third kappa shape index (κ3) is 5.04. The zero-order valence-corrected chi connectivity index (χ0v) is 19.7. The first-order valence-electron chi connectivity index (χ1n) is 10.8. The Kier molecular flexibility index (Phi) is 6.56. The number of aryl methyl sites for hydroxylation is 1. The lowest BCUT2D eigenvalue weighted by Gasteiger charge is -2.17. The predicted octanol–water partition coefficient (Wildman–Crippen LogP) is 4.18. The molecule has 0 aromatic heterocycles. The summed E-state index contributed by atoms with van der Waals surface area (Å²) in [6.45, 7) is 2.55. The molecule has 1 aliphatic heterocycles. The van der Waals surface area contributed by atoms with Gasteiger partial charge in [0, 0.05) is 35.6 Å². The van der Waals surface area contributed by atoms with E-state index in [0.29, 0.717) is 30.0 Å². The molecule has 1 fully saturated rings. The summed E-state index contributed by atoms with van der Waals surface area (Å²) in [6.07, 6.45) is 1.31. The van der Waals surface area contributed by atoms with E-state index in [1.54, 1.807) is 47.4 Å². The summed E-state index contributed by atoms with van der Waals surface area (Å²) < 4.78 is 33.9. The Balaban J connectivity index is 1.58. The summed E-state index contributed by atoms with van der Waals surface area (Å²) in [7, 11) is -2.65. The number of benzene rings is 3. The Hall–Kier alpha value is -3.85. The number of nitrogens with one attached hydrogen (secondary N) is 2. The second-order valence-corrected chi connectivity index (χ2v) is 9.64. The molecule has 4 rings (SSSR count). The Labute approximate surface area is 198 Å².